The molecule has 5 nitrogen and oxygen atoms in total. The highest BCUT2D eigenvalue weighted by Crippen LogP contribution is 2.00. The van der Waals surface area contributed by atoms with Crippen molar-refractivity contribution in [2.75, 3.05) is 7.11 Å². The first-order valence-electron chi connectivity index (χ1n) is 5.77. The van der Waals surface area contributed by atoms with Crippen molar-refractivity contribution in [2.24, 2.45) is 5.73 Å². The Morgan fingerprint density at radius 1 is 1.33 bits per heavy atom. The minimum atomic E-state index is -0.687. The molecule has 0 saturated heterocycles. The van der Waals surface area contributed by atoms with Gasteiger partial charge in [0.05, 0.1) is 13.2 Å². The summed E-state index contributed by atoms with van der Waals surface area (Å²) in [5.41, 5.74) is 6.67. The van der Waals surface area contributed by atoms with Crippen LogP contribution in [0.1, 0.15) is 18.4 Å². The Bertz CT molecular complexity index is 392. The molecule has 0 aliphatic carbocycles. The number of hydrogen-bond donors (Lipinski definition) is 2. The normalized spacial score (nSPS) is 11.7. The van der Waals surface area contributed by atoms with Crippen LogP contribution in [0.2, 0.25) is 0 Å². The van der Waals surface area contributed by atoms with Gasteiger partial charge in [-0.3, -0.25) is 9.59 Å². The number of carbonyl (C=O) groups is 2. The maximum absolute atomic E-state index is 11.6. The molecule has 3 N–H and O–H groups in total. The Morgan fingerprint density at radius 2 is 2.00 bits per heavy atom. The summed E-state index contributed by atoms with van der Waals surface area (Å²) in [5, 5.41) is 2.72. The predicted octanol–water partition coefficient (Wildman–Crippen LogP) is 0.583. The molecule has 0 aliphatic rings. The summed E-state index contributed by atoms with van der Waals surface area (Å²) in [4.78, 5) is 22.5. The molecule has 0 aliphatic heterocycles. The average Bonchev–Trinajstić information content (AvgIpc) is 2.42. The number of amides is 1. The molecule has 0 spiro atoms. The molecule has 0 bridgehead atoms. The van der Waals surface area contributed by atoms with Crippen LogP contribution in [0.5, 0.6) is 0 Å². The van der Waals surface area contributed by atoms with E-state index in [1.165, 1.54) is 7.11 Å². The van der Waals surface area contributed by atoms with E-state index in [9.17, 15) is 9.59 Å². The van der Waals surface area contributed by atoms with E-state index in [1.54, 1.807) is 0 Å². The van der Waals surface area contributed by atoms with Crippen LogP contribution in [-0.2, 0) is 20.9 Å². The van der Waals surface area contributed by atoms with Crippen molar-refractivity contribution < 1.29 is 14.3 Å². The van der Waals surface area contributed by atoms with E-state index in [4.69, 9.17) is 5.73 Å². The number of nitrogens with one attached hydrogen (secondary N) is 1. The zero-order chi connectivity index (χ0) is 13.4. The van der Waals surface area contributed by atoms with Crippen LogP contribution in [0.3, 0.4) is 0 Å². The van der Waals surface area contributed by atoms with E-state index in [2.05, 4.69) is 10.1 Å². The monoisotopic (exact) mass is 250 g/mol. The number of ether oxygens (including phenoxy) is 1. The molecule has 0 radical (unpaired) electrons. The molecule has 1 atom stereocenters. The highest BCUT2D eigenvalue weighted by atomic mass is 16.5. The fourth-order valence-electron chi connectivity index (χ4n) is 1.42. The Morgan fingerprint density at radius 3 is 2.61 bits per heavy atom. The maximum atomic E-state index is 11.6. The molecule has 0 aromatic heterocycles. The van der Waals surface area contributed by atoms with Crippen LogP contribution in [0.15, 0.2) is 30.3 Å². The summed E-state index contributed by atoms with van der Waals surface area (Å²) < 4.78 is 4.48. The first kappa shape index (κ1) is 14.2. The summed E-state index contributed by atoms with van der Waals surface area (Å²) in [5.74, 6) is -0.621. The van der Waals surface area contributed by atoms with Crippen molar-refractivity contribution >= 4 is 11.9 Å². The van der Waals surface area contributed by atoms with E-state index >= 15 is 0 Å². The molecule has 1 rings (SSSR count). The maximum Gasteiger partial charge on any atom is 0.305 e. The van der Waals surface area contributed by atoms with E-state index in [0.29, 0.717) is 6.54 Å². The fourth-order valence-corrected chi connectivity index (χ4v) is 1.42. The van der Waals surface area contributed by atoms with Crippen molar-refractivity contribution in [3.8, 4) is 0 Å². The Labute approximate surface area is 106 Å². The van der Waals surface area contributed by atoms with E-state index < -0.39 is 6.04 Å². The van der Waals surface area contributed by atoms with Crippen LogP contribution < -0.4 is 11.1 Å². The summed E-state index contributed by atoms with van der Waals surface area (Å²) in [6.07, 6.45) is 0.434. The second kappa shape index (κ2) is 7.45. The molecule has 0 saturated carbocycles. The van der Waals surface area contributed by atoms with Gasteiger partial charge in [-0.05, 0) is 12.0 Å². The van der Waals surface area contributed by atoms with E-state index in [0.717, 1.165) is 5.56 Å². The standard InChI is InChI=1S/C13H18N2O3/c1-18-12(16)8-7-11(14)13(17)15-9-10-5-3-2-4-6-10/h2-6,11H,7-9,14H2,1H3,(H,15,17)/t11-/m0/s1. The van der Waals surface area contributed by atoms with Gasteiger partial charge in [-0.1, -0.05) is 30.3 Å². The summed E-state index contributed by atoms with van der Waals surface area (Å²) in [7, 11) is 1.31. The highest BCUT2D eigenvalue weighted by molar-refractivity contribution is 5.82. The Kier molecular flexibility index (Phi) is 5.87. The van der Waals surface area contributed by atoms with Crippen molar-refractivity contribution in [3.05, 3.63) is 35.9 Å². The fraction of sp³-hybridized carbons (Fsp3) is 0.385. The number of benzene rings is 1. The van der Waals surface area contributed by atoms with Crippen molar-refractivity contribution in [1.82, 2.24) is 5.32 Å². The van der Waals surface area contributed by atoms with Crippen LogP contribution in [0.25, 0.3) is 0 Å². The lowest BCUT2D eigenvalue weighted by Crippen LogP contribution is -2.40. The van der Waals surface area contributed by atoms with Crippen LogP contribution >= 0.6 is 0 Å². The third kappa shape index (κ3) is 4.97. The molecule has 98 valence electrons. The lowest BCUT2D eigenvalue weighted by atomic mass is 10.1. The number of hydrogen-bond acceptors (Lipinski definition) is 4. The molecule has 1 aromatic rings. The average molecular weight is 250 g/mol. The topological polar surface area (TPSA) is 81.4 Å². The van der Waals surface area contributed by atoms with Crippen LogP contribution in [-0.4, -0.2) is 25.0 Å². The molecule has 1 aromatic carbocycles. The minimum absolute atomic E-state index is 0.149. The smallest absolute Gasteiger partial charge is 0.305 e. The van der Waals surface area contributed by atoms with Gasteiger partial charge in [0.25, 0.3) is 0 Å². The molecular weight excluding hydrogens is 232 g/mol. The lowest BCUT2D eigenvalue weighted by Gasteiger charge is -2.11. The van der Waals surface area contributed by atoms with E-state index in [1.807, 2.05) is 30.3 Å². The molecule has 5 heteroatoms. The van der Waals surface area contributed by atoms with Gasteiger partial charge in [-0.2, -0.15) is 0 Å². The second-order valence-corrected chi connectivity index (χ2v) is 3.92. The SMILES string of the molecule is COC(=O)CC[C@H](N)C(=O)NCc1ccccc1. The first-order valence-corrected chi connectivity index (χ1v) is 5.77. The quantitative estimate of drug-likeness (QED) is 0.724. The predicted molar refractivity (Wildman–Crippen MR) is 67.5 cm³/mol. The molecule has 0 heterocycles. The summed E-state index contributed by atoms with van der Waals surface area (Å²) in [6, 6.07) is 8.86. The van der Waals surface area contributed by atoms with Gasteiger partial charge in [0, 0.05) is 13.0 Å². The van der Waals surface area contributed by atoms with Gasteiger partial charge in [-0.15, -0.1) is 0 Å². The molecule has 1 amide bonds. The largest absolute Gasteiger partial charge is 0.469 e. The zero-order valence-corrected chi connectivity index (χ0v) is 10.4. The molecular formula is C13H18N2O3. The summed E-state index contributed by atoms with van der Waals surface area (Å²) in [6.45, 7) is 0.436. The van der Waals surface area contributed by atoms with Gasteiger partial charge in [0.15, 0.2) is 0 Å². The number of rotatable bonds is 6. The molecule has 18 heavy (non-hydrogen) atoms. The Balaban J connectivity index is 2.30. The van der Waals surface area contributed by atoms with Gasteiger partial charge in [0.1, 0.15) is 0 Å². The van der Waals surface area contributed by atoms with Crippen molar-refractivity contribution in [3.63, 3.8) is 0 Å². The number of esters is 1. The van der Waals surface area contributed by atoms with Crippen LogP contribution in [0.4, 0.5) is 0 Å². The third-order valence-corrected chi connectivity index (χ3v) is 2.53. The number of nitrogens with two attached hydrogens (primary N) is 1. The summed E-state index contributed by atoms with van der Waals surface area (Å²) >= 11 is 0. The van der Waals surface area contributed by atoms with Gasteiger partial charge < -0.3 is 15.8 Å². The van der Waals surface area contributed by atoms with Gasteiger partial charge >= 0.3 is 5.97 Å². The van der Waals surface area contributed by atoms with Crippen LogP contribution in [0, 0.1) is 0 Å². The second-order valence-electron chi connectivity index (χ2n) is 3.92. The molecule has 0 fully saturated rings. The highest BCUT2D eigenvalue weighted by Gasteiger charge is 2.14. The van der Waals surface area contributed by atoms with Gasteiger partial charge in [-0.25, -0.2) is 0 Å². The number of methoxy groups -OCH3 is 1. The Hall–Kier alpha value is -1.88. The van der Waals surface area contributed by atoms with Crippen molar-refractivity contribution in [2.45, 2.75) is 25.4 Å². The minimum Gasteiger partial charge on any atom is -0.469 e. The lowest BCUT2D eigenvalue weighted by molar-refractivity contribution is -0.140. The number of carbonyl (C=O) groups excluding carboxylic acids is 2. The zero-order valence-electron chi connectivity index (χ0n) is 10.4. The third-order valence-electron chi connectivity index (χ3n) is 2.53. The molecule has 0 unspecified atom stereocenters. The van der Waals surface area contributed by atoms with Gasteiger partial charge in [0.2, 0.25) is 5.91 Å². The van der Waals surface area contributed by atoms with E-state index in [-0.39, 0.29) is 24.7 Å². The first-order chi connectivity index (χ1) is 8.63. The van der Waals surface area contributed by atoms with Crippen molar-refractivity contribution in [1.29, 1.82) is 0 Å².